The molecule has 0 N–H and O–H groups in total. The number of aliphatic imine (C=N–C) groups is 1. The maximum Gasteiger partial charge on any atom is 0.0922 e. The highest BCUT2D eigenvalue weighted by Gasteiger charge is 2.12. The van der Waals surface area contributed by atoms with Gasteiger partial charge in [-0.25, -0.2) is 0 Å². The number of thiol groups is 1. The molecule has 0 saturated carbocycles. The minimum absolute atomic E-state index is 0.603. The molecule has 0 spiro atoms. The molecule has 3 nitrogen and oxygen atoms in total. The molecule has 4 heteroatoms. The summed E-state index contributed by atoms with van der Waals surface area (Å²) in [7, 11) is 0. The number of allylic oxidation sites excluding steroid dienone is 4. The monoisotopic (exact) mass is 320 g/mol. The van der Waals surface area contributed by atoms with E-state index < -0.39 is 0 Å². The number of nitrogens with zero attached hydrogens (tertiary/aromatic N) is 2. The molecule has 1 heterocycles. The van der Waals surface area contributed by atoms with Crippen molar-refractivity contribution in [3.8, 4) is 0 Å². The highest BCUT2D eigenvalue weighted by Crippen LogP contribution is 2.10. The van der Waals surface area contributed by atoms with Crippen LogP contribution in [0.1, 0.15) is 13.8 Å². The second-order valence-corrected chi connectivity index (χ2v) is 4.98. The van der Waals surface area contributed by atoms with Crippen molar-refractivity contribution >= 4 is 19.3 Å². The molecule has 0 unspecified atom stereocenters. The van der Waals surface area contributed by atoms with Gasteiger partial charge in [0.1, 0.15) is 0 Å². The van der Waals surface area contributed by atoms with Crippen LogP contribution in [0.15, 0.2) is 64.7 Å². The Kier molecular flexibility index (Phi) is 12.5. The molecule has 0 atom stereocenters. The van der Waals surface area contributed by atoms with Gasteiger partial charge in [0.05, 0.1) is 18.2 Å². The first-order valence-electron chi connectivity index (χ1n) is 7.48. The van der Waals surface area contributed by atoms with Gasteiger partial charge < -0.3 is 4.74 Å². The normalized spacial score (nSPS) is 18.5. The largest absolute Gasteiger partial charge is 0.376 e. The van der Waals surface area contributed by atoms with Crippen LogP contribution in [0, 0.1) is 0 Å². The Labute approximate surface area is 140 Å². The van der Waals surface area contributed by atoms with Crippen molar-refractivity contribution in [2.75, 3.05) is 32.8 Å². The van der Waals surface area contributed by atoms with E-state index in [1.807, 2.05) is 38.2 Å². The summed E-state index contributed by atoms with van der Waals surface area (Å²) in [4.78, 5) is 6.05. The van der Waals surface area contributed by atoms with E-state index in [1.54, 1.807) is 6.08 Å². The molecule has 122 valence electrons. The Morgan fingerprint density at radius 2 is 2.18 bits per heavy atom. The van der Waals surface area contributed by atoms with E-state index in [4.69, 9.17) is 4.74 Å². The second kappa shape index (κ2) is 13.3. The third kappa shape index (κ3) is 9.55. The number of hydrogen-bond acceptors (Lipinski definition) is 4. The Balaban J connectivity index is 0.00000211. The molecule has 1 aliphatic heterocycles. The summed E-state index contributed by atoms with van der Waals surface area (Å²) >= 11 is 4.17. The Hall–Kier alpha value is -1.36. The quantitative estimate of drug-likeness (QED) is 0.454. The van der Waals surface area contributed by atoms with Gasteiger partial charge in [-0.15, -0.1) is 12.6 Å². The lowest BCUT2D eigenvalue weighted by Gasteiger charge is -2.19. The predicted octanol–water partition coefficient (Wildman–Crippen LogP) is 4.04. The molecule has 0 aliphatic carbocycles. The topological polar surface area (TPSA) is 24.8 Å². The average molecular weight is 321 g/mol. The van der Waals surface area contributed by atoms with Crippen LogP contribution in [0.25, 0.3) is 0 Å². The van der Waals surface area contributed by atoms with E-state index in [9.17, 15) is 0 Å². The van der Waals surface area contributed by atoms with Gasteiger partial charge in [0.25, 0.3) is 0 Å². The zero-order chi connectivity index (χ0) is 16.8. The number of rotatable bonds is 6. The fraction of sp³-hybridized carbons (Fsp3) is 0.389. The molecular formula is C18H28N2OS. The summed E-state index contributed by atoms with van der Waals surface area (Å²) in [6, 6.07) is 0. The Bertz CT molecular complexity index is 450. The minimum Gasteiger partial charge on any atom is -0.376 e. The molecule has 1 rings (SSSR count). The van der Waals surface area contributed by atoms with Gasteiger partial charge in [-0.3, -0.25) is 9.89 Å². The van der Waals surface area contributed by atoms with Gasteiger partial charge in [-0.1, -0.05) is 51.3 Å². The van der Waals surface area contributed by atoms with Gasteiger partial charge in [0, 0.05) is 19.6 Å². The molecule has 0 bridgehead atoms. The fourth-order valence-corrected chi connectivity index (χ4v) is 1.91. The van der Waals surface area contributed by atoms with E-state index in [0.717, 1.165) is 31.8 Å². The van der Waals surface area contributed by atoms with Crippen LogP contribution in [0.4, 0.5) is 0 Å². The van der Waals surface area contributed by atoms with Gasteiger partial charge in [-0.2, -0.15) is 0 Å². The van der Waals surface area contributed by atoms with Crippen LogP contribution in [0.3, 0.4) is 0 Å². The molecule has 0 radical (unpaired) electrons. The van der Waals surface area contributed by atoms with Crippen molar-refractivity contribution < 1.29 is 4.74 Å². The van der Waals surface area contributed by atoms with Crippen molar-refractivity contribution in [2.45, 2.75) is 13.8 Å². The Morgan fingerprint density at radius 3 is 2.82 bits per heavy atom. The minimum atomic E-state index is 0.603. The first-order valence-corrected chi connectivity index (χ1v) is 7.93. The summed E-state index contributed by atoms with van der Waals surface area (Å²) in [5.74, 6) is 0. The van der Waals surface area contributed by atoms with Crippen LogP contribution in [-0.2, 0) is 4.74 Å². The summed E-state index contributed by atoms with van der Waals surface area (Å²) in [6.07, 6.45) is 9.47. The van der Waals surface area contributed by atoms with Crippen molar-refractivity contribution in [1.82, 2.24) is 4.90 Å². The van der Waals surface area contributed by atoms with E-state index >= 15 is 0 Å². The first-order chi connectivity index (χ1) is 10.7. The van der Waals surface area contributed by atoms with Crippen LogP contribution >= 0.6 is 12.6 Å². The van der Waals surface area contributed by atoms with Gasteiger partial charge in [0.15, 0.2) is 0 Å². The zero-order valence-corrected chi connectivity index (χ0v) is 14.7. The molecular weight excluding hydrogens is 292 g/mol. The van der Waals surface area contributed by atoms with Crippen molar-refractivity contribution in [1.29, 1.82) is 0 Å². The molecule has 1 aliphatic rings. The second-order valence-electron chi connectivity index (χ2n) is 4.52. The predicted molar refractivity (Wildman–Crippen MR) is 102 cm³/mol. The van der Waals surface area contributed by atoms with Crippen molar-refractivity contribution in [3.63, 3.8) is 0 Å². The van der Waals surface area contributed by atoms with Gasteiger partial charge in [-0.05, 0) is 23.9 Å². The molecule has 22 heavy (non-hydrogen) atoms. The summed E-state index contributed by atoms with van der Waals surface area (Å²) in [6.45, 7) is 19.1. The number of hydrogen-bond donors (Lipinski definition) is 1. The van der Waals surface area contributed by atoms with E-state index in [0.29, 0.717) is 11.6 Å². The maximum absolute atomic E-state index is 5.59. The van der Waals surface area contributed by atoms with Crippen LogP contribution in [0.2, 0.25) is 0 Å². The molecule has 0 aromatic carbocycles. The van der Waals surface area contributed by atoms with E-state index in [1.165, 1.54) is 5.57 Å². The fourth-order valence-electron chi connectivity index (χ4n) is 1.83. The average Bonchev–Trinajstić information content (AvgIpc) is 2.77. The van der Waals surface area contributed by atoms with Gasteiger partial charge >= 0.3 is 0 Å². The smallest absolute Gasteiger partial charge is 0.0922 e. The van der Waals surface area contributed by atoms with Gasteiger partial charge in [0.2, 0.25) is 0 Å². The summed E-state index contributed by atoms with van der Waals surface area (Å²) in [5, 5.41) is 0.603. The summed E-state index contributed by atoms with van der Waals surface area (Å²) < 4.78 is 5.59. The third-order valence-corrected chi connectivity index (χ3v) is 3.08. The van der Waals surface area contributed by atoms with E-state index in [-0.39, 0.29) is 0 Å². The SMILES string of the molecule is C=C/C=C\C(=C)CN1CCOC/C(=C\C=C(\S)N=C)C1.CC. The lowest BCUT2D eigenvalue weighted by atomic mass is 10.2. The first kappa shape index (κ1) is 20.6. The van der Waals surface area contributed by atoms with Crippen molar-refractivity contribution in [2.24, 2.45) is 4.99 Å². The molecule has 0 aromatic heterocycles. The highest BCUT2D eigenvalue weighted by atomic mass is 32.1. The molecule has 1 saturated heterocycles. The third-order valence-electron chi connectivity index (χ3n) is 2.79. The lowest BCUT2D eigenvalue weighted by Crippen LogP contribution is -2.28. The summed E-state index contributed by atoms with van der Waals surface area (Å²) in [5.41, 5.74) is 2.25. The van der Waals surface area contributed by atoms with E-state index in [2.05, 4.69) is 42.4 Å². The Morgan fingerprint density at radius 1 is 1.45 bits per heavy atom. The molecule has 0 aromatic rings. The number of ether oxygens (including phenoxy) is 1. The highest BCUT2D eigenvalue weighted by molar-refractivity contribution is 7.84. The van der Waals surface area contributed by atoms with Crippen molar-refractivity contribution in [3.05, 3.63) is 59.7 Å². The maximum atomic E-state index is 5.59. The van der Waals surface area contributed by atoms with Crippen LogP contribution < -0.4 is 0 Å². The zero-order valence-electron chi connectivity index (χ0n) is 13.8. The van der Waals surface area contributed by atoms with Crippen LogP contribution in [0.5, 0.6) is 0 Å². The molecule has 1 fully saturated rings. The van der Waals surface area contributed by atoms with Crippen LogP contribution in [-0.4, -0.2) is 44.5 Å². The molecule has 0 amide bonds. The lowest BCUT2D eigenvalue weighted by molar-refractivity contribution is 0.153. The standard InChI is InChI=1S/C16H22N2OS.C2H6/c1-4-5-6-14(2)11-18-9-10-19-13-15(12-18)7-8-16(20)17-3;1-2/h4-8,20H,1-3,9-13H2;1-2H3/b6-5-,15-7-,16-8+;.